The van der Waals surface area contributed by atoms with Gasteiger partial charge in [0.15, 0.2) is 5.69 Å². The number of carbonyl (C=O) groups is 1. The van der Waals surface area contributed by atoms with E-state index in [-0.39, 0.29) is 17.3 Å². The van der Waals surface area contributed by atoms with Gasteiger partial charge in [0.2, 0.25) is 0 Å². The minimum Gasteiger partial charge on any atom is -0.363 e. The van der Waals surface area contributed by atoms with E-state index in [2.05, 4.69) is 15.4 Å². The largest absolute Gasteiger partial charge is 0.434 e. The Kier molecular flexibility index (Phi) is 5.78. The van der Waals surface area contributed by atoms with E-state index in [1.54, 1.807) is 23.2 Å². The molecule has 0 bridgehead atoms. The van der Waals surface area contributed by atoms with Gasteiger partial charge in [-0.25, -0.2) is 9.67 Å². The van der Waals surface area contributed by atoms with Gasteiger partial charge in [-0.05, 0) is 35.9 Å². The molecule has 0 saturated carbocycles. The number of nitrogens with zero attached hydrogens (tertiary/aromatic N) is 4. The third kappa shape index (κ3) is 4.68. The number of halogens is 4. The van der Waals surface area contributed by atoms with Gasteiger partial charge in [-0.1, -0.05) is 17.7 Å². The maximum absolute atomic E-state index is 13.7. The molecule has 0 fully saturated rings. The normalized spacial score (nSPS) is 11.4. The summed E-state index contributed by atoms with van der Waals surface area (Å²) in [7, 11) is 3.62. The summed E-state index contributed by atoms with van der Waals surface area (Å²) in [5, 5.41) is 6.53. The molecule has 1 aromatic carbocycles. The molecular formula is C19H17ClF3N5O. The van der Waals surface area contributed by atoms with Gasteiger partial charge in [-0.3, -0.25) is 4.79 Å². The molecule has 0 spiro atoms. The van der Waals surface area contributed by atoms with Crippen LogP contribution in [0.3, 0.4) is 0 Å². The van der Waals surface area contributed by atoms with Gasteiger partial charge < -0.3 is 10.2 Å². The molecule has 1 amide bonds. The summed E-state index contributed by atoms with van der Waals surface area (Å²) < 4.78 is 41.8. The van der Waals surface area contributed by atoms with Crippen molar-refractivity contribution in [2.45, 2.75) is 12.7 Å². The first-order valence-electron chi connectivity index (χ1n) is 8.48. The van der Waals surface area contributed by atoms with Crippen molar-refractivity contribution < 1.29 is 18.0 Å². The second-order valence-corrected chi connectivity index (χ2v) is 6.83. The van der Waals surface area contributed by atoms with E-state index in [1.165, 1.54) is 24.3 Å². The van der Waals surface area contributed by atoms with Gasteiger partial charge in [0.1, 0.15) is 5.82 Å². The minimum absolute atomic E-state index is 0.0435. The Morgan fingerprint density at radius 1 is 1.24 bits per heavy atom. The molecule has 0 aliphatic rings. The van der Waals surface area contributed by atoms with Crippen molar-refractivity contribution in [3.8, 4) is 5.69 Å². The Labute approximate surface area is 169 Å². The molecule has 29 heavy (non-hydrogen) atoms. The zero-order valence-corrected chi connectivity index (χ0v) is 16.3. The number of hydrogen-bond acceptors (Lipinski definition) is 4. The van der Waals surface area contributed by atoms with Crippen LogP contribution < -0.4 is 10.2 Å². The van der Waals surface area contributed by atoms with Crippen molar-refractivity contribution in [2.75, 3.05) is 19.0 Å². The van der Waals surface area contributed by atoms with Gasteiger partial charge >= 0.3 is 6.18 Å². The maximum Gasteiger partial charge on any atom is 0.434 e. The number of carbonyl (C=O) groups excluding carboxylic acids is 1. The molecule has 0 atom stereocenters. The number of rotatable bonds is 5. The fourth-order valence-corrected chi connectivity index (χ4v) is 2.87. The average molecular weight is 424 g/mol. The van der Waals surface area contributed by atoms with Crippen LogP contribution in [0.4, 0.5) is 19.0 Å². The SMILES string of the molecule is CN(C)c1cc(CNC(=O)c2cnn(-c3cccc(Cl)c3)c2C(F)(F)F)ccn1. The predicted octanol–water partition coefficient (Wildman–Crippen LogP) is 3.94. The van der Waals surface area contributed by atoms with E-state index in [0.717, 1.165) is 6.20 Å². The van der Waals surface area contributed by atoms with E-state index < -0.39 is 23.3 Å². The Bertz CT molecular complexity index is 1030. The monoisotopic (exact) mass is 423 g/mol. The Hall–Kier alpha value is -3.07. The molecule has 152 valence electrons. The highest BCUT2D eigenvalue weighted by atomic mass is 35.5. The van der Waals surface area contributed by atoms with Crippen LogP contribution in [0.1, 0.15) is 21.6 Å². The quantitative estimate of drug-likeness (QED) is 0.675. The lowest BCUT2D eigenvalue weighted by Gasteiger charge is -2.14. The van der Waals surface area contributed by atoms with Gasteiger partial charge in [0, 0.05) is 31.9 Å². The molecule has 0 radical (unpaired) electrons. The molecule has 1 N–H and O–H groups in total. The molecule has 2 aromatic heterocycles. The molecule has 3 rings (SSSR count). The maximum atomic E-state index is 13.7. The summed E-state index contributed by atoms with van der Waals surface area (Å²) in [6.45, 7) is 0.0435. The number of nitrogens with one attached hydrogen (secondary N) is 1. The first-order valence-corrected chi connectivity index (χ1v) is 8.86. The number of aromatic nitrogens is 3. The van der Waals surface area contributed by atoms with E-state index in [0.29, 0.717) is 16.1 Å². The molecule has 0 saturated heterocycles. The summed E-state index contributed by atoms with van der Waals surface area (Å²) >= 11 is 5.87. The van der Waals surface area contributed by atoms with E-state index >= 15 is 0 Å². The molecule has 10 heteroatoms. The van der Waals surface area contributed by atoms with E-state index in [9.17, 15) is 18.0 Å². The summed E-state index contributed by atoms with van der Waals surface area (Å²) in [6.07, 6.45) is -2.33. The van der Waals surface area contributed by atoms with Crippen molar-refractivity contribution in [3.05, 3.63) is 70.6 Å². The molecule has 0 aliphatic carbocycles. The Morgan fingerprint density at radius 3 is 2.66 bits per heavy atom. The number of anilines is 1. The molecule has 2 heterocycles. The first kappa shape index (κ1) is 20.7. The highest BCUT2D eigenvalue weighted by Gasteiger charge is 2.40. The fraction of sp³-hybridized carbons (Fsp3) is 0.211. The van der Waals surface area contributed by atoms with Crippen LogP contribution in [0.15, 0.2) is 48.8 Å². The van der Waals surface area contributed by atoms with Crippen molar-refractivity contribution >= 4 is 23.3 Å². The van der Waals surface area contributed by atoms with Gasteiger partial charge in [-0.2, -0.15) is 18.3 Å². The van der Waals surface area contributed by atoms with Gasteiger partial charge in [0.25, 0.3) is 5.91 Å². The second-order valence-electron chi connectivity index (χ2n) is 6.40. The molecule has 6 nitrogen and oxygen atoms in total. The van der Waals surface area contributed by atoms with Crippen molar-refractivity contribution in [2.24, 2.45) is 0 Å². The van der Waals surface area contributed by atoms with Crippen LogP contribution >= 0.6 is 11.6 Å². The number of amides is 1. The highest BCUT2D eigenvalue weighted by molar-refractivity contribution is 6.30. The smallest absolute Gasteiger partial charge is 0.363 e. The number of alkyl halides is 3. The third-order valence-corrected chi connectivity index (χ3v) is 4.29. The molecule has 0 aliphatic heterocycles. The first-order chi connectivity index (χ1) is 13.7. The second kappa shape index (κ2) is 8.12. The van der Waals surface area contributed by atoms with Crippen LogP contribution in [0, 0.1) is 0 Å². The van der Waals surface area contributed by atoms with Crippen LogP contribution in [0.25, 0.3) is 5.69 Å². The number of hydrogen-bond donors (Lipinski definition) is 1. The van der Waals surface area contributed by atoms with Gasteiger partial charge in [-0.15, -0.1) is 0 Å². The van der Waals surface area contributed by atoms with Crippen LogP contribution in [-0.4, -0.2) is 34.8 Å². The van der Waals surface area contributed by atoms with Crippen LogP contribution in [0.2, 0.25) is 5.02 Å². The molecule has 0 unspecified atom stereocenters. The molecule has 3 aromatic rings. The summed E-state index contributed by atoms with van der Waals surface area (Å²) in [6, 6.07) is 9.21. The molecular weight excluding hydrogens is 407 g/mol. The van der Waals surface area contributed by atoms with E-state index in [1.807, 2.05) is 14.1 Å². The zero-order chi connectivity index (χ0) is 21.2. The van der Waals surface area contributed by atoms with Crippen LogP contribution in [0.5, 0.6) is 0 Å². The van der Waals surface area contributed by atoms with Crippen molar-refractivity contribution in [1.29, 1.82) is 0 Å². The number of pyridine rings is 1. The lowest BCUT2D eigenvalue weighted by atomic mass is 10.2. The Morgan fingerprint density at radius 2 is 2.00 bits per heavy atom. The summed E-state index contributed by atoms with van der Waals surface area (Å²) in [5.74, 6) is -0.213. The fourth-order valence-electron chi connectivity index (χ4n) is 2.68. The van der Waals surface area contributed by atoms with Crippen molar-refractivity contribution in [1.82, 2.24) is 20.1 Å². The number of benzene rings is 1. The van der Waals surface area contributed by atoms with Gasteiger partial charge in [0.05, 0.1) is 17.4 Å². The topological polar surface area (TPSA) is 63.1 Å². The third-order valence-electron chi connectivity index (χ3n) is 4.06. The zero-order valence-electron chi connectivity index (χ0n) is 15.5. The van der Waals surface area contributed by atoms with Crippen LogP contribution in [-0.2, 0) is 12.7 Å². The Balaban J connectivity index is 1.88. The van der Waals surface area contributed by atoms with Crippen molar-refractivity contribution in [3.63, 3.8) is 0 Å². The lowest BCUT2D eigenvalue weighted by Crippen LogP contribution is -2.26. The predicted molar refractivity (Wildman–Crippen MR) is 103 cm³/mol. The lowest BCUT2D eigenvalue weighted by molar-refractivity contribution is -0.143. The average Bonchev–Trinajstić information content (AvgIpc) is 3.12. The summed E-state index contributed by atoms with van der Waals surface area (Å²) in [5.41, 5.74) is -0.929. The summed E-state index contributed by atoms with van der Waals surface area (Å²) in [4.78, 5) is 18.4. The standard InChI is InChI=1S/C19H17ClF3N5O/c1-27(2)16-8-12(6-7-24-16)10-25-18(29)15-11-26-28(17(15)19(21,22)23)14-5-3-4-13(20)9-14/h3-9,11H,10H2,1-2H3,(H,25,29). The highest BCUT2D eigenvalue weighted by Crippen LogP contribution is 2.34. The van der Waals surface area contributed by atoms with E-state index in [4.69, 9.17) is 11.6 Å². The minimum atomic E-state index is -4.79.